The SMILES string of the molecule is CC(C)c1nc(=NCCO)c2c(n1O)CCCC2. The van der Waals surface area contributed by atoms with Crippen molar-refractivity contribution >= 4 is 0 Å². The molecule has 0 saturated carbocycles. The van der Waals surface area contributed by atoms with Crippen molar-refractivity contribution in [3.8, 4) is 0 Å². The third-order valence-electron chi connectivity index (χ3n) is 3.28. The van der Waals surface area contributed by atoms with Crippen molar-refractivity contribution in [1.29, 1.82) is 0 Å². The zero-order valence-corrected chi connectivity index (χ0v) is 11.1. The van der Waals surface area contributed by atoms with Gasteiger partial charge in [0, 0.05) is 11.5 Å². The molecule has 0 fully saturated rings. The molecule has 0 saturated heterocycles. The van der Waals surface area contributed by atoms with Crippen LogP contribution in [0.15, 0.2) is 4.99 Å². The lowest BCUT2D eigenvalue weighted by atomic mass is 9.96. The van der Waals surface area contributed by atoms with Crippen LogP contribution < -0.4 is 5.49 Å². The number of hydrogen-bond donors (Lipinski definition) is 2. The summed E-state index contributed by atoms with van der Waals surface area (Å²) in [6.07, 6.45) is 3.98. The van der Waals surface area contributed by atoms with Gasteiger partial charge in [-0.25, -0.2) is 4.98 Å². The molecule has 1 aromatic rings. The highest BCUT2D eigenvalue weighted by Gasteiger charge is 2.19. The van der Waals surface area contributed by atoms with E-state index in [4.69, 9.17) is 5.11 Å². The van der Waals surface area contributed by atoms with E-state index < -0.39 is 0 Å². The summed E-state index contributed by atoms with van der Waals surface area (Å²) in [4.78, 5) is 8.79. The molecule has 1 aromatic heterocycles. The normalized spacial score (nSPS) is 16.1. The quantitative estimate of drug-likeness (QED) is 0.788. The summed E-state index contributed by atoms with van der Waals surface area (Å²) in [6.45, 7) is 4.40. The van der Waals surface area contributed by atoms with Crippen molar-refractivity contribution in [3.63, 3.8) is 0 Å². The Kier molecular flexibility index (Phi) is 4.01. The fraction of sp³-hybridized carbons (Fsp3) is 0.692. The minimum atomic E-state index is 0.0293. The fourth-order valence-electron chi connectivity index (χ4n) is 2.39. The highest BCUT2D eigenvalue weighted by molar-refractivity contribution is 5.22. The monoisotopic (exact) mass is 251 g/mol. The number of aromatic nitrogens is 2. The molecule has 1 aliphatic rings. The maximum atomic E-state index is 10.2. The van der Waals surface area contributed by atoms with Crippen molar-refractivity contribution in [2.45, 2.75) is 45.4 Å². The van der Waals surface area contributed by atoms with Crippen LogP contribution in [0.4, 0.5) is 0 Å². The second kappa shape index (κ2) is 5.52. The Morgan fingerprint density at radius 2 is 2.06 bits per heavy atom. The topological polar surface area (TPSA) is 70.6 Å². The maximum absolute atomic E-state index is 10.2. The third kappa shape index (κ3) is 2.41. The number of aliphatic hydroxyl groups is 1. The van der Waals surface area contributed by atoms with E-state index in [0.717, 1.165) is 36.9 Å². The molecule has 18 heavy (non-hydrogen) atoms. The minimum absolute atomic E-state index is 0.0293. The van der Waals surface area contributed by atoms with Crippen molar-refractivity contribution < 1.29 is 10.3 Å². The summed E-state index contributed by atoms with van der Waals surface area (Å²) in [6, 6.07) is 0. The van der Waals surface area contributed by atoms with E-state index in [1.807, 2.05) is 13.8 Å². The first-order chi connectivity index (χ1) is 8.65. The maximum Gasteiger partial charge on any atom is 0.154 e. The number of fused-ring (bicyclic) bond motifs is 1. The molecule has 2 N–H and O–H groups in total. The van der Waals surface area contributed by atoms with Gasteiger partial charge in [0.25, 0.3) is 0 Å². The summed E-state index contributed by atoms with van der Waals surface area (Å²) in [5, 5.41) is 19.1. The van der Waals surface area contributed by atoms with E-state index in [0.29, 0.717) is 17.9 Å². The van der Waals surface area contributed by atoms with Crippen LogP contribution in [0.5, 0.6) is 0 Å². The van der Waals surface area contributed by atoms with E-state index in [9.17, 15) is 5.21 Å². The molecule has 1 heterocycles. The van der Waals surface area contributed by atoms with E-state index in [2.05, 4.69) is 9.98 Å². The molecule has 0 radical (unpaired) electrons. The molecule has 0 aliphatic heterocycles. The van der Waals surface area contributed by atoms with E-state index in [1.165, 1.54) is 4.73 Å². The van der Waals surface area contributed by atoms with Crippen LogP contribution in [0.1, 0.15) is 49.7 Å². The van der Waals surface area contributed by atoms with E-state index >= 15 is 0 Å². The summed E-state index contributed by atoms with van der Waals surface area (Å²) in [7, 11) is 0. The van der Waals surface area contributed by atoms with Crippen LogP contribution in [-0.4, -0.2) is 33.2 Å². The molecule has 100 valence electrons. The molecular weight excluding hydrogens is 230 g/mol. The van der Waals surface area contributed by atoms with Gasteiger partial charge in [-0.2, -0.15) is 4.73 Å². The molecule has 5 nitrogen and oxygen atoms in total. The lowest BCUT2D eigenvalue weighted by Crippen LogP contribution is -2.29. The van der Waals surface area contributed by atoms with Crippen LogP contribution in [-0.2, 0) is 12.8 Å². The Morgan fingerprint density at radius 3 is 2.72 bits per heavy atom. The van der Waals surface area contributed by atoms with Crippen LogP contribution in [0.2, 0.25) is 0 Å². The highest BCUT2D eigenvalue weighted by Crippen LogP contribution is 2.20. The molecule has 0 spiro atoms. The Bertz CT molecular complexity index is 492. The second-order valence-corrected chi connectivity index (χ2v) is 5.00. The third-order valence-corrected chi connectivity index (χ3v) is 3.28. The zero-order valence-electron chi connectivity index (χ0n) is 11.1. The van der Waals surface area contributed by atoms with Gasteiger partial charge >= 0.3 is 0 Å². The summed E-state index contributed by atoms with van der Waals surface area (Å²) in [5.41, 5.74) is 2.69. The Labute approximate surface area is 107 Å². The van der Waals surface area contributed by atoms with Crippen LogP contribution >= 0.6 is 0 Å². The van der Waals surface area contributed by atoms with Gasteiger partial charge in [0.2, 0.25) is 0 Å². The predicted molar refractivity (Wildman–Crippen MR) is 67.7 cm³/mol. The molecule has 0 aromatic carbocycles. The molecular formula is C13H21N3O2. The molecule has 0 atom stereocenters. The minimum Gasteiger partial charge on any atom is -0.427 e. The smallest absolute Gasteiger partial charge is 0.154 e. The van der Waals surface area contributed by atoms with E-state index in [-0.39, 0.29) is 12.5 Å². The van der Waals surface area contributed by atoms with Gasteiger partial charge in [-0.15, -0.1) is 0 Å². The van der Waals surface area contributed by atoms with Crippen molar-refractivity contribution in [1.82, 2.24) is 9.71 Å². The average molecular weight is 251 g/mol. The fourth-order valence-corrected chi connectivity index (χ4v) is 2.39. The van der Waals surface area contributed by atoms with Gasteiger partial charge in [0.05, 0.1) is 18.8 Å². The number of aliphatic hydroxyl groups excluding tert-OH is 1. The van der Waals surface area contributed by atoms with Crippen LogP contribution in [0.25, 0.3) is 0 Å². The Balaban J connectivity index is 2.61. The van der Waals surface area contributed by atoms with Gasteiger partial charge in [-0.05, 0) is 25.7 Å². The summed E-state index contributed by atoms with van der Waals surface area (Å²) < 4.78 is 1.25. The van der Waals surface area contributed by atoms with Crippen LogP contribution in [0, 0.1) is 0 Å². The molecule has 5 heteroatoms. The average Bonchev–Trinajstić information content (AvgIpc) is 2.38. The van der Waals surface area contributed by atoms with Crippen molar-refractivity contribution in [3.05, 3.63) is 22.6 Å². The Hall–Kier alpha value is -1.36. The number of rotatable bonds is 3. The largest absolute Gasteiger partial charge is 0.427 e. The van der Waals surface area contributed by atoms with Gasteiger partial charge in [0.1, 0.15) is 5.82 Å². The molecule has 0 amide bonds. The Morgan fingerprint density at radius 1 is 1.33 bits per heavy atom. The first-order valence-corrected chi connectivity index (χ1v) is 6.60. The predicted octanol–water partition coefficient (Wildman–Crippen LogP) is 1.02. The zero-order chi connectivity index (χ0) is 13.1. The van der Waals surface area contributed by atoms with Gasteiger partial charge < -0.3 is 10.3 Å². The molecule has 0 unspecified atom stereocenters. The number of nitrogens with zero attached hydrogens (tertiary/aromatic N) is 3. The van der Waals surface area contributed by atoms with Crippen LogP contribution in [0.3, 0.4) is 0 Å². The van der Waals surface area contributed by atoms with Gasteiger partial charge in [-0.1, -0.05) is 13.8 Å². The van der Waals surface area contributed by atoms with Crippen molar-refractivity contribution in [2.75, 3.05) is 13.2 Å². The van der Waals surface area contributed by atoms with Gasteiger partial charge in [-0.3, -0.25) is 4.99 Å². The first kappa shape index (κ1) is 13.1. The second-order valence-electron chi connectivity index (χ2n) is 5.00. The molecule has 0 bridgehead atoms. The van der Waals surface area contributed by atoms with Gasteiger partial charge in [0.15, 0.2) is 5.49 Å². The lowest BCUT2D eigenvalue weighted by molar-refractivity contribution is 0.153. The number of hydrogen-bond acceptors (Lipinski definition) is 4. The van der Waals surface area contributed by atoms with E-state index in [1.54, 1.807) is 0 Å². The molecule has 2 rings (SSSR count). The summed E-state index contributed by atoms with van der Waals surface area (Å²) >= 11 is 0. The molecule has 1 aliphatic carbocycles. The summed E-state index contributed by atoms with van der Waals surface area (Å²) in [5.74, 6) is 0.789. The highest BCUT2D eigenvalue weighted by atomic mass is 16.5. The lowest BCUT2D eigenvalue weighted by Gasteiger charge is -2.21. The van der Waals surface area contributed by atoms with Crippen molar-refractivity contribution in [2.24, 2.45) is 4.99 Å². The first-order valence-electron chi connectivity index (χ1n) is 6.60. The standard InChI is InChI=1S/C13H21N3O2/c1-9(2)13-15-12(14-7-8-17)10-5-3-4-6-11(10)16(13)18/h9,17-18H,3-8H2,1-2H3.